The largest absolute Gasteiger partial charge is 0.333 e. The fourth-order valence-corrected chi connectivity index (χ4v) is 4.65. The summed E-state index contributed by atoms with van der Waals surface area (Å²) in [6.45, 7) is 1.32. The van der Waals surface area contributed by atoms with Gasteiger partial charge in [0.25, 0.3) is 5.91 Å². The van der Waals surface area contributed by atoms with Crippen molar-refractivity contribution in [1.29, 1.82) is 0 Å². The Morgan fingerprint density at radius 2 is 2.00 bits per heavy atom. The molecule has 7 heteroatoms. The van der Waals surface area contributed by atoms with Crippen molar-refractivity contribution in [2.75, 3.05) is 6.54 Å². The Morgan fingerprint density at radius 3 is 2.85 bits per heavy atom. The fourth-order valence-electron chi connectivity index (χ4n) is 4.44. The normalized spacial score (nSPS) is 15.7. The lowest BCUT2D eigenvalue weighted by Gasteiger charge is -2.25. The standard InChI is InChI=1S/C26H24ClN5O/c27-21-7-3-5-19(13-21)14-22-15-29-16-24(30-22)25-9-4-11-32(25)26(33)23-8-2-1-6-20(23)17-31-12-10-28-18-31/h1-3,5-8,10,12-13,15-16,18,25H,4,9,11,14,17H2. The first-order valence-electron chi connectivity index (χ1n) is 11.1. The number of carbonyl (C=O) groups excluding carboxylic acids is 1. The zero-order valence-corrected chi connectivity index (χ0v) is 18.9. The minimum Gasteiger partial charge on any atom is -0.333 e. The van der Waals surface area contributed by atoms with Gasteiger partial charge in [-0.1, -0.05) is 41.9 Å². The van der Waals surface area contributed by atoms with E-state index in [2.05, 4.69) is 9.97 Å². The van der Waals surface area contributed by atoms with Crippen LogP contribution in [-0.2, 0) is 13.0 Å². The number of benzene rings is 2. The third-order valence-corrected chi connectivity index (χ3v) is 6.23. The molecule has 1 atom stereocenters. The SMILES string of the molecule is O=C(c1ccccc1Cn1ccnc1)N1CCCC1c1cncc(Cc2cccc(Cl)c2)n1. The molecule has 0 spiro atoms. The number of aromatic nitrogens is 4. The van der Waals surface area contributed by atoms with E-state index in [1.54, 1.807) is 24.9 Å². The number of halogens is 1. The Kier molecular flexibility index (Phi) is 6.17. The number of likely N-dealkylation sites (tertiary alicyclic amines) is 1. The molecule has 33 heavy (non-hydrogen) atoms. The zero-order chi connectivity index (χ0) is 22.6. The van der Waals surface area contributed by atoms with Crippen LogP contribution in [0.4, 0.5) is 0 Å². The Morgan fingerprint density at radius 1 is 1.09 bits per heavy atom. The van der Waals surface area contributed by atoms with Crippen molar-refractivity contribution in [3.8, 4) is 0 Å². The van der Waals surface area contributed by atoms with Crippen molar-refractivity contribution in [2.45, 2.75) is 31.8 Å². The lowest BCUT2D eigenvalue weighted by atomic mass is 10.0. The molecule has 2 aromatic heterocycles. The molecule has 0 radical (unpaired) electrons. The van der Waals surface area contributed by atoms with E-state index in [0.717, 1.165) is 40.9 Å². The first-order chi connectivity index (χ1) is 16.2. The number of carbonyl (C=O) groups is 1. The molecule has 0 saturated carbocycles. The Labute approximate surface area is 197 Å². The van der Waals surface area contributed by atoms with Crippen molar-refractivity contribution in [3.63, 3.8) is 0 Å². The number of imidazole rings is 1. The third kappa shape index (κ3) is 4.81. The van der Waals surface area contributed by atoms with Crippen molar-refractivity contribution in [2.24, 2.45) is 0 Å². The van der Waals surface area contributed by atoms with E-state index in [1.165, 1.54) is 0 Å². The fraction of sp³-hybridized carbons (Fsp3) is 0.231. The van der Waals surface area contributed by atoms with Crippen molar-refractivity contribution < 1.29 is 4.79 Å². The lowest BCUT2D eigenvalue weighted by Crippen LogP contribution is -2.32. The highest BCUT2D eigenvalue weighted by Gasteiger charge is 2.32. The van der Waals surface area contributed by atoms with Crippen LogP contribution in [0.3, 0.4) is 0 Å². The molecule has 3 heterocycles. The highest BCUT2D eigenvalue weighted by molar-refractivity contribution is 6.30. The van der Waals surface area contributed by atoms with Gasteiger partial charge in [-0.05, 0) is 42.2 Å². The Bertz CT molecular complexity index is 1260. The minimum absolute atomic E-state index is 0.0373. The van der Waals surface area contributed by atoms with E-state index in [4.69, 9.17) is 16.6 Å². The van der Waals surface area contributed by atoms with Gasteiger partial charge in [-0.2, -0.15) is 0 Å². The summed E-state index contributed by atoms with van der Waals surface area (Å²) in [5.41, 5.74) is 4.50. The van der Waals surface area contributed by atoms with Crippen LogP contribution >= 0.6 is 11.6 Å². The molecule has 0 aliphatic carbocycles. The van der Waals surface area contributed by atoms with Crippen molar-refractivity contribution in [3.05, 3.63) is 113 Å². The van der Waals surface area contributed by atoms with Gasteiger partial charge in [0.15, 0.2) is 0 Å². The summed E-state index contributed by atoms with van der Waals surface area (Å²) in [6, 6.07) is 15.5. The molecule has 1 aliphatic rings. The van der Waals surface area contributed by atoms with Gasteiger partial charge in [-0.15, -0.1) is 0 Å². The van der Waals surface area contributed by atoms with Crippen LogP contribution < -0.4 is 0 Å². The molecule has 4 aromatic rings. The molecule has 1 saturated heterocycles. The number of nitrogens with zero attached hydrogens (tertiary/aromatic N) is 5. The van der Waals surface area contributed by atoms with Crippen LogP contribution in [0.25, 0.3) is 0 Å². The first kappa shape index (κ1) is 21.3. The van der Waals surface area contributed by atoms with Crippen LogP contribution in [0.15, 0.2) is 79.6 Å². The molecule has 2 aromatic carbocycles. The molecule has 166 valence electrons. The summed E-state index contributed by atoms with van der Waals surface area (Å²) >= 11 is 6.13. The first-order valence-corrected chi connectivity index (χ1v) is 11.4. The molecule has 5 rings (SSSR count). The van der Waals surface area contributed by atoms with E-state index in [0.29, 0.717) is 24.5 Å². The minimum atomic E-state index is -0.0781. The smallest absolute Gasteiger partial charge is 0.254 e. The monoisotopic (exact) mass is 457 g/mol. The van der Waals surface area contributed by atoms with Crippen LogP contribution in [0, 0.1) is 0 Å². The van der Waals surface area contributed by atoms with Gasteiger partial charge in [-0.25, -0.2) is 4.98 Å². The van der Waals surface area contributed by atoms with Gasteiger partial charge in [0.1, 0.15) is 0 Å². The van der Waals surface area contributed by atoms with E-state index in [1.807, 2.05) is 64.2 Å². The van der Waals surface area contributed by atoms with Crippen LogP contribution in [0.1, 0.15) is 51.8 Å². The van der Waals surface area contributed by atoms with Crippen LogP contribution in [0.2, 0.25) is 5.02 Å². The highest BCUT2D eigenvalue weighted by Crippen LogP contribution is 2.32. The van der Waals surface area contributed by atoms with E-state index < -0.39 is 0 Å². The number of hydrogen-bond acceptors (Lipinski definition) is 4. The predicted molar refractivity (Wildman–Crippen MR) is 127 cm³/mol. The van der Waals surface area contributed by atoms with Gasteiger partial charge in [0.2, 0.25) is 0 Å². The summed E-state index contributed by atoms with van der Waals surface area (Å²) < 4.78 is 1.97. The van der Waals surface area contributed by atoms with E-state index >= 15 is 0 Å². The summed E-state index contributed by atoms with van der Waals surface area (Å²) in [5.74, 6) is 0.0373. The zero-order valence-electron chi connectivity index (χ0n) is 18.1. The predicted octanol–water partition coefficient (Wildman–Crippen LogP) is 4.94. The van der Waals surface area contributed by atoms with E-state index in [9.17, 15) is 4.79 Å². The average molecular weight is 458 g/mol. The Balaban J connectivity index is 1.38. The maximum atomic E-state index is 13.6. The van der Waals surface area contributed by atoms with Crippen LogP contribution in [-0.4, -0.2) is 36.9 Å². The lowest BCUT2D eigenvalue weighted by molar-refractivity contribution is 0.0731. The molecule has 0 N–H and O–H groups in total. The Hall–Kier alpha value is -3.51. The number of rotatable bonds is 6. The van der Waals surface area contributed by atoms with Gasteiger partial charge in [0, 0.05) is 48.7 Å². The summed E-state index contributed by atoms with van der Waals surface area (Å²) in [4.78, 5) is 29.0. The van der Waals surface area contributed by atoms with Crippen LogP contribution in [0.5, 0.6) is 0 Å². The molecule has 6 nitrogen and oxygen atoms in total. The summed E-state index contributed by atoms with van der Waals surface area (Å²) in [7, 11) is 0. The average Bonchev–Trinajstić information content (AvgIpc) is 3.52. The molecule has 0 bridgehead atoms. The molecule has 1 fully saturated rings. The second-order valence-corrected chi connectivity index (χ2v) is 8.73. The maximum absolute atomic E-state index is 13.6. The summed E-state index contributed by atoms with van der Waals surface area (Å²) in [5, 5.41) is 0.707. The summed E-state index contributed by atoms with van der Waals surface area (Å²) in [6.07, 6.45) is 11.5. The number of hydrogen-bond donors (Lipinski definition) is 0. The molecule has 1 unspecified atom stereocenters. The second kappa shape index (κ2) is 9.55. The molecular formula is C26H24ClN5O. The maximum Gasteiger partial charge on any atom is 0.254 e. The molecule has 1 aliphatic heterocycles. The van der Waals surface area contributed by atoms with E-state index in [-0.39, 0.29) is 11.9 Å². The molecule has 1 amide bonds. The van der Waals surface area contributed by atoms with Gasteiger partial charge in [0.05, 0.1) is 30.0 Å². The quantitative estimate of drug-likeness (QED) is 0.411. The third-order valence-electron chi connectivity index (χ3n) is 5.99. The van der Waals surface area contributed by atoms with Crippen molar-refractivity contribution >= 4 is 17.5 Å². The van der Waals surface area contributed by atoms with Gasteiger partial charge >= 0.3 is 0 Å². The highest BCUT2D eigenvalue weighted by atomic mass is 35.5. The van der Waals surface area contributed by atoms with Gasteiger partial charge < -0.3 is 9.47 Å². The topological polar surface area (TPSA) is 63.9 Å². The molecular weight excluding hydrogens is 434 g/mol. The van der Waals surface area contributed by atoms with Gasteiger partial charge in [-0.3, -0.25) is 14.8 Å². The van der Waals surface area contributed by atoms with Crippen molar-refractivity contribution in [1.82, 2.24) is 24.4 Å². The second-order valence-electron chi connectivity index (χ2n) is 8.29. The number of amides is 1.